The summed E-state index contributed by atoms with van der Waals surface area (Å²) in [5, 5.41) is 0. The molecule has 0 atom stereocenters. The van der Waals surface area contributed by atoms with Crippen molar-refractivity contribution in [2.75, 3.05) is 0 Å². The molecule has 0 aromatic carbocycles. The smallest absolute Gasteiger partial charge is 0 e. The van der Waals surface area contributed by atoms with Crippen LogP contribution < -0.4 is 0 Å². The minimum atomic E-state index is 0. The van der Waals surface area contributed by atoms with E-state index in [1.54, 1.807) is 0 Å². The van der Waals surface area contributed by atoms with Gasteiger partial charge in [0.15, 0.2) is 0 Å². The van der Waals surface area contributed by atoms with Crippen LogP contribution in [0.2, 0.25) is 0 Å². The Balaban J connectivity index is 0. The molecule has 109 valence electrons. The predicted octanol–water partition coefficient (Wildman–Crippen LogP) is -4.14. The SMILES string of the molecule is O.O.O.O.O.[Ag].[Cu].[Cu].[Fe].[Fe].[Pd].[Pt]. The summed E-state index contributed by atoms with van der Waals surface area (Å²) in [7, 11) is 0. The molecule has 0 aromatic heterocycles. The van der Waals surface area contributed by atoms with Gasteiger partial charge in [-0.3, -0.25) is 0 Å². The fourth-order valence-electron chi connectivity index (χ4n) is 0. The van der Waals surface area contributed by atoms with Gasteiger partial charge >= 0.3 is 0 Å². The molecule has 0 fully saturated rings. The third kappa shape index (κ3) is 149. The van der Waals surface area contributed by atoms with Gasteiger partial charge in [-0.2, -0.15) is 0 Å². The maximum Gasteiger partial charge on any atom is 0 e. The second kappa shape index (κ2) is 185. The van der Waals surface area contributed by atoms with Crippen molar-refractivity contribution in [1.82, 2.24) is 0 Å². The van der Waals surface area contributed by atoms with Crippen molar-refractivity contribution < 1.29 is 160 Å². The summed E-state index contributed by atoms with van der Waals surface area (Å²) in [6.07, 6.45) is 0. The molecule has 0 spiro atoms. The maximum absolute atomic E-state index is 0. The minimum Gasteiger partial charge on any atom is -0.412 e. The van der Waals surface area contributed by atoms with Crippen LogP contribution in [0.5, 0.6) is 0 Å². The topological polar surface area (TPSA) is 158 Å². The molecule has 12 heavy (non-hydrogen) atoms. The summed E-state index contributed by atoms with van der Waals surface area (Å²) >= 11 is 0. The Kier molecular flexibility index (Phi) is 3510. The fraction of sp³-hybridized carbons (Fsp3) is 0. The predicted molar refractivity (Wildman–Crippen MR) is 18.1 cm³/mol. The van der Waals surface area contributed by atoms with Crippen molar-refractivity contribution in [3.8, 4) is 0 Å². The van der Waals surface area contributed by atoms with Gasteiger partial charge in [-0.15, -0.1) is 0 Å². The normalized spacial score (nSPS) is 0. The van der Waals surface area contributed by atoms with Crippen LogP contribution in [0.15, 0.2) is 0 Å². The third-order valence-electron chi connectivity index (χ3n) is 0. The van der Waals surface area contributed by atoms with E-state index >= 15 is 0 Å². The summed E-state index contributed by atoms with van der Waals surface area (Å²) in [5.41, 5.74) is 0. The molecule has 0 aliphatic heterocycles. The fourth-order valence-corrected chi connectivity index (χ4v) is 0. The molecule has 0 saturated heterocycles. The Morgan fingerprint density at radius 1 is 0.500 bits per heavy atom. The first-order valence-corrected chi connectivity index (χ1v) is 0. The zero-order chi connectivity index (χ0) is 0. The standard InChI is InChI=1S/Ag.2Cu.2Fe.5H2O.Pd.Pt/h;;;;;5*1H2;;. The quantitative estimate of drug-likeness (QED) is 0.222. The van der Waals surface area contributed by atoms with Crippen LogP contribution in [0, 0.1) is 0 Å². The van der Waals surface area contributed by atoms with E-state index < -0.39 is 0 Å². The zero-order valence-corrected chi connectivity index (χ0v) is 14.1. The summed E-state index contributed by atoms with van der Waals surface area (Å²) in [6, 6.07) is 0. The van der Waals surface area contributed by atoms with Gasteiger partial charge in [0.1, 0.15) is 0 Å². The van der Waals surface area contributed by atoms with E-state index in [9.17, 15) is 0 Å². The van der Waals surface area contributed by atoms with Crippen molar-refractivity contribution in [3.63, 3.8) is 0 Å². The monoisotopic (exact) mass is 736 g/mol. The van der Waals surface area contributed by atoms with Crippen molar-refractivity contribution in [3.05, 3.63) is 0 Å². The Hall–Kier alpha value is 3.97. The van der Waals surface area contributed by atoms with Crippen LogP contribution in [-0.2, 0) is 132 Å². The Labute approximate surface area is 157 Å². The number of hydrogen-bond acceptors (Lipinski definition) is 0. The maximum atomic E-state index is 0. The second-order valence-corrected chi connectivity index (χ2v) is 0. The molecule has 5 nitrogen and oxygen atoms in total. The zero-order valence-electron chi connectivity index (χ0n) is 4.74. The molecule has 0 bridgehead atoms. The first kappa shape index (κ1) is 227. The van der Waals surface area contributed by atoms with Gasteiger partial charge in [0.2, 0.25) is 0 Å². The minimum absolute atomic E-state index is 0. The van der Waals surface area contributed by atoms with Gasteiger partial charge in [0.05, 0.1) is 0 Å². The summed E-state index contributed by atoms with van der Waals surface area (Å²) < 4.78 is 0. The molecule has 12 heteroatoms. The first-order chi connectivity index (χ1) is 0. The average Bonchev–Trinajstić information content (AvgIpc) is 0. The van der Waals surface area contributed by atoms with Crippen molar-refractivity contribution in [1.29, 1.82) is 0 Å². The van der Waals surface area contributed by atoms with Crippen molar-refractivity contribution in [2.24, 2.45) is 0 Å². The van der Waals surface area contributed by atoms with Crippen LogP contribution in [0.3, 0.4) is 0 Å². The molecule has 0 aliphatic rings. The number of rotatable bonds is 0. The Morgan fingerprint density at radius 2 is 0.500 bits per heavy atom. The molecular weight excluding hydrogens is 728 g/mol. The van der Waals surface area contributed by atoms with Crippen LogP contribution in [0.25, 0.3) is 0 Å². The van der Waals surface area contributed by atoms with Crippen LogP contribution in [-0.4, -0.2) is 27.4 Å². The van der Waals surface area contributed by atoms with E-state index in [1.165, 1.54) is 0 Å². The summed E-state index contributed by atoms with van der Waals surface area (Å²) in [6.45, 7) is 0. The Morgan fingerprint density at radius 3 is 0.500 bits per heavy atom. The molecule has 10 N–H and O–H groups in total. The van der Waals surface area contributed by atoms with E-state index in [4.69, 9.17) is 0 Å². The first-order valence-electron chi connectivity index (χ1n) is 0. The van der Waals surface area contributed by atoms with Gasteiger partial charge in [-0.1, -0.05) is 0 Å². The van der Waals surface area contributed by atoms with E-state index in [2.05, 4.69) is 0 Å². The van der Waals surface area contributed by atoms with Gasteiger partial charge in [-0.25, -0.2) is 0 Å². The van der Waals surface area contributed by atoms with E-state index in [0.717, 1.165) is 0 Å². The molecule has 3 radical (unpaired) electrons. The Bertz CT molecular complexity index is 27.4. The molecule has 0 aromatic rings. The van der Waals surface area contributed by atoms with Crippen LogP contribution in [0.1, 0.15) is 0 Å². The van der Waals surface area contributed by atoms with Crippen LogP contribution >= 0.6 is 0 Å². The molecule has 0 saturated carbocycles. The molecule has 0 aliphatic carbocycles. The van der Waals surface area contributed by atoms with Gasteiger partial charge in [0.25, 0.3) is 0 Å². The summed E-state index contributed by atoms with van der Waals surface area (Å²) in [4.78, 5) is 0. The summed E-state index contributed by atoms with van der Waals surface area (Å²) in [5.74, 6) is 0. The molecule has 0 unspecified atom stereocenters. The van der Waals surface area contributed by atoms with Gasteiger partial charge in [0, 0.05) is 132 Å². The van der Waals surface area contributed by atoms with Gasteiger partial charge in [-0.05, 0) is 0 Å². The molecule has 0 heterocycles. The third-order valence-corrected chi connectivity index (χ3v) is 0. The molecular formula is H10AgCu2Fe2O5PdPt. The molecule has 0 rings (SSSR count). The van der Waals surface area contributed by atoms with Crippen molar-refractivity contribution in [2.45, 2.75) is 0 Å². The largest absolute Gasteiger partial charge is 0.412 e. The van der Waals surface area contributed by atoms with E-state index in [1.807, 2.05) is 0 Å². The average molecular weight is 738 g/mol. The number of hydrogen-bond donors (Lipinski definition) is 0. The molecule has 0 amide bonds. The second-order valence-electron chi connectivity index (χ2n) is 0. The van der Waals surface area contributed by atoms with E-state index in [-0.39, 0.29) is 160 Å². The van der Waals surface area contributed by atoms with Crippen molar-refractivity contribution >= 4 is 0 Å². The van der Waals surface area contributed by atoms with Crippen LogP contribution in [0.4, 0.5) is 0 Å². The van der Waals surface area contributed by atoms with E-state index in [0.29, 0.717) is 0 Å². The van der Waals surface area contributed by atoms with Gasteiger partial charge < -0.3 is 27.4 Å².